The normalized spacial score (nSPS) is 27.5. The van der Waals surface area contributed by atoms with Gasteiger partial charge in [0.1, 0.15) is 0 Å². The summed E-state index contributed by atoms with van der Waals surface area (Å²) in [5.41, 5.74) is 0. The monoisotopic (exact) mass is 186 g/mol. The second-order valence-corrected chi connectivity index (χ2v) is 4.17. The third kappa shape index (κ3) is 3.65. The molecular weight excluding hydrogens is 164 g/mol. The summed E-state index contributed by atoms with van der Waals surface area (Å²) in [7, 11) is 0. The fourth-order valence-corrected chi connectivity index (χ4v) is 1.92. The van der Waals surface area contributed by atoms with E-state index in [-0.39, 0.29) is 6.10 Å². The first-order chi connectivity index (χ1) is 6.24. The van der Waals surface area contributed by atoms with E-state index in [9.17, 15) is 5.11 Å². The molecule has 1 saturated heterocycles. The topological polar surface area (TPSA) is 29.5 Å². The Bertz CT molecular complexity index is 130. The molecule has 3 unspecified atom stereocenters. The molecule has 2 heteroatoms. The first kappa shape index (κ1) is 11.0. The molecule has 0 aromatic heterocycles. The Morgan fingerprint density at radius 1 is 1.54 bits per heavy atom. The van der Waals surface area contributed by atoms with Gasteiger partial charge in [0.2, 0.25) is 0 Å². The highest BCUT2D eigenvalue weighted by molar-refractivity contribution is 4.69. The highest BCUT2D eigenvalue weighted by atomic mass is 16.5. The van der Waals surface area contributed by atoms with Crippen LogP contribution in [0.15, 0.2) is 0 Å². The van der Waals surface area contributed by atoms with E-state index in [0.717, 1.165) is 25.9 Å². The molecule has 0 saturated carbocycles. The molecule has 3 atom stereocenters. The summed E-state index contributed by atoms with van der Waals surface area (Å²) in [5.74, 6) is 0.425. The van der Waals surface area contributed by atoms with Gasteiger partial charge < -0.3 is 9.84 Å². The van der Waals surface area contributed by atoms with Crippen molar-refractivity contribution in [2.45, 2.75) is 58.2 Å². The second-order valence-electron chi connectivity index (χ2n) is 4.17. The maximum Gasteiger partial charge on any atom is 0.0576 e. The molecule has 1 heterocycles. The van der Waals surface area contributed by atoms with Gasteiger partial charge in [0.25, 0.3) is 0 Å². The minimum Gasteiger partial charge on any atom is -0.393 e. The van der Waals surface area contributed by atoms with Gasteiger partial charge in [0.05, 0.1) is 12.2 Å². The Balaban J connectivity index is 2.10. The molecule has 78 valence electrons. The van der Waals surface area contributed by atoms with Crippen molar-refractivity contribution < 1.29 is 9.84 Å². The van der Waals surface area contributed by atoms with Gasteiger partial charge in [-0.1, -0.05) is 13.8 Å². The molecule has 1 fully saturated rings. The maximum absolute atomic E-state index is 9.56. The molecule has 0 aromatic carbocycles. The van der Waals surface area contributed by atoms with Crippen molar-refractivity contribution >= 4 is 0 Å². The van der Waals surface area contributed by atoms with Crippen LogP contribution in [-0.2, 0) is 4.74 Å². The van der Waals surface area contributed by atoms with Crippen LogP contribution in [0.5, 0.6) is 0 Å². The molecule has 1 rings (SSSR count). The Kier molecular flexibility index (Phi) is 4.74. The third-order valence-electron chi connectivity index (χ3n) is 3.04. The van der Waals surface area contributed by atoms with E-state index in [2.05, 4.69) is 6.92 Å². The summed E-state index contributed by atoms with van der Waals surface area (Å²) in [6, 6.07) is 0. The predicted octanol–water partition coefficient (Wildman–Crippen LogP) is 2.35. The Morgan fingerprint density at radius 3 is 2.85 bits per heavy atom. The molecule has 2 nitrogen and oxygen atoms in total. The van der Waals surface area contributed by atoms with Crippen molar-refractivity contribution in [3.63, 3.8) is 0 Å². The van der Waals surface area contributed by atoms with E-state index in [1.807, 2.05) is 6.92 Å². The Hall–Kier alpha value is -0.0800. The highest BCUT2D eigenvalue weighted by Crippen LogP contribution is 2.21. The molecule has 0 amide bonds. The van der Waals surface area contributed by atoms with Crippen LogP contribution in [0.2, 0.25) is 0 Å². The minimum absolute atomic E-state index is 0.124. The van der Waals surface area contributed by atoms with Crippen LogP contribution in [0, 0.1) is 5.92 Å². The standard InChI is InChI=1S/C11H22O2/c1-3-11(12)9(2)6-7-10-5-4-8-13-10/h9-12H,3-8H2,1-2H3. The molecule has 1 aliphatic rings. The van der Waals surface area contributed by atoms with E-state index in [4.69, 9.17) is 4.74 Å². The quantitative estimate of drug-likeness (QED) is 0.714. The summed E-state index contributed by atoms with van der Waals surface area (Å²) in [6.07, 6.45) is 5.88. The second kappa shape index (κ2) is 5.61. The third-order valence-corrected chi connectivity index (χ3v) is 3.04. The number of aliphatic hydroxyl groups is 1. The highest BCUT2D eigenvalue weighted by Gasteiger charge is 2.18. The van der Waals surface area contributed by atoms with E-state index >= 15 is 0 Å². The van der Waals surface area contributed by atoms with Crippen molar-refractivity contribution in [2.24, 2.45) is 5.92 Å². The molecular formula is C11H22O2. The van der Waals surface area contributed by atoms with Gasteiger partial charge in [-0.25, -0.2) is 0 Å². The van der Waals surface area contributed by atoms with Gasteiger partial charge in [-0.3, -0.25) is 0 Å². The lowest BCUT2D eigenvalue weighted by molar-refractivity contribution is 0.0738. The van der Waals surface area contributed by atoms with Crippen LogP contribution in [0.1, 0.15) is 46.0 Å². The van der Waals surface area contributed by atoms with Crippen LogP contribution in [-0.4, -0.2) is 23.9 Å². The first-order valence-electron chi connectivity index (χ1n) is 5.53. The van der Waals surface area contributed by atoms with Gasteiger partial charge >= 0.3 is 0 Å². The first-order valence-corrected chi connectivity index (χ1v) is 5.53. The summed E-state index contributed by atoms with van der Waals surface area (Å²) >= 11 is 0. The van der Waals surface area contributed by atoms with Crippen molar-refractivity contribution in [2.75, 3.05) is 6.61 Å². The zero-order valence-electron chi connectivity index (χ0n) is 8.83. The molecule has 0 bridgehead atoms. The van der Waals surface area contributed by atoms with Gasteiger partial charge in [0, 0.05) is 6.61 Å². The number of hydrogen-bond acceptors (Lipinski definition) is 2. The lowest BCUT2D eigenvalue weighted by atomic mass is 9.95. The zero-order valence-corrected chi connectivity index (χ0v) is 8.83. The van der Waals surface area contributed by atoms with Crippen LogP contribution in [0.4, 0.5) is 0 Å². The number of aliphatic hydroxyl groups excluding tert-OH is 1. The lowest BCUT2D eigenvalue weighted by Crippen LogP contribution is -2.18. The summed E-state index contributed by atoms with van der Waals surface area (Å²) in [6.45, 7) is 5.10. The number of hydrogen-bond donors (Lipinski definition) is 1. The molecule has 0 radical (unpaired) electrons. The Morgan fingerprint density at radius 2 is 2.31 bits per heavy atom. The van der Waals surface area contributed by atoms with Crippen molar-refractivity contribution in [1.82, 2.24) is 0 Å². The molecule has 13 heavy (non-hydrogen) atoms. The van der Waals surface area contributed by atoms with Crippen molar-refractivity contribution in [3.8, 4) is 0 Å². The largest absolute Gasteiger partial charge is 0.393 e. The Labute approximate surface area is 81.3 Å². The van der Waals surface area contributed by atoms with Crippen molar-refractivity contribution in [1.29, 1.82) is 0 Å². The smallest absolute Gasteiger partial charge is 0.0576 e. The fraction of sp³-hybridized carbons (Fsp3) is 1.00. The van der Waals surface area contributed by atoms with Crippen LogP contribution >= 0.6 is 0 Å². The molecule has 0 aromatic rings. The minimum atomic E-state index is -0.124. The van der Waals surface area contributed by atoms with E-state index in [1.54, 1.807) is 0 Å². The molecule has 0 spiro atoms. The van der Waals surface area contributed by atoms with Crippen LogP contribution in [0.25, 0.3) is 0 Å². The SMILES string of the molecule is CCC(O)C(C)CCC1CCCO1. The molecule has 1 N–H and O–H groups in total. The average Bonchev–Trinajstić information content (AvgIpc) is 2.65. The molecule has 1 aliphatic heterocycles. The summed E-state index contributed by atoms with van der Waals surface area (Å²) in [5, 5.41) is 9.56. The summed E-state index contributed by atoms with van der Waals surface area (Å²) < 4.78 is 5.54. The van der Waals surface area contributed by atoms with Crippen molar-refractivity contribution in [3.05, 3.63) is 0 Å². The summed E-state index contributed by atoms with van der Waals surface area (Å²) in [4.78, 5) is 0. The zero-order chi connectivity index (χ0) is 9.68. The number of rotatable bonds is 5. The average molecular weight is 186 g/mol. The lowest BCUT2D eigenvalue weighted by Gasteiger charge is -2.18. The van der Waals surface area contributed by atoms with E-state index in [1.165, 1.54) is 12.8 Å². The molecule has 0 aliphatic carbocycles. The fourth-order valence-electron chi connectivity index (χ4n) is 1.92. The predicted molar refractivity (Wildman–Crippen MR) is 53.7 cm³/mol. The number of ether oxygens (including phenoxy) is 1. The van der Waals surface area contributed by atoms with Gasteiger partial charge in [-0.15, -0.1) is 0 Å². The van der Waals surface area contributed by atoms with Crippen LogP contribution < -0.4 is 0 Å². The maximum atomic E-state index is 9.56. The van der Waals surface area contributed by atoms with E-state index < -0.39 is 0 Å². The van der Waals surface area contributed by atoms with Gasteiger partial charge in [-0.2, -0.15) is 0 Å². The van der Waals surface area contributed by atoms with Gasteiger partial charge in [0.15, 0.2) is 0 Å². The van der Waals surface area contributed by atoms with Gasteiger partial charge in [-0.05, 0) is 38.0 Å². The van der Waals surface area contributed by atoms with Crippen LogP contribution in [0.3, 0.4) is 0 Å². The van der Waals surface area contributed by atoms with E-state index in [0.29, 0.717) is 12.0 Å².